The van der Waals surface area contributed by atoms with Gasteiger partial charge in [-0.15, -0.1) is 0 Å². The Morgan fingerprint density at radius 2 is 1.79 bits per heavy atom. The fourth-order valence-corrected chi connectivity index (χ4v) is 1.27. The molecule has 0 spiro atoms. The van der Waals surface area contributed by atoms with Gasteiger partial charge < -0.3 is 9.84 Å². The Labute approximate surface area is 84.3 Å². The number of esters is 1. The first-order valence-corrected chi connectivity index (χ1v) is 4.74. The summed E-state index contributed by atoms with van der Waals surface area (Å²) in [5.41, 5.74) is 0. The van der Waals surface area contributed by atoms with E-state index in [1.54, 1.807) is 20.8 Å². The lowest BCUT2D eigenvalue weighted by atomic mass is 9.89. The maximum absolute atomic E-state index is 11.3. The minimum atomic E-state index is -0.963. The fraction of sp³-hybridized carbons (Fsp3) is 0.800. The molecule has 4 nitrogen and oxygen atoms in total. The van der Waals surface area contributed by atoms with Crippen LogP contribution in [0.4, 0.5) is 0 Å². The number of ketones is 1. The summed E-state index contributed by atoms with van der Waals surface area (Å²) < 4.78 is 4.49. The summed E-state index contributed by atoms with van der Waals surface area (Å²) in [4.78, 5) is 22.3. The first-order chi connectivity index (χ1) is 6.45. The topological polar surface area (TPSA) is 63.6 Å². The van der Waals surface area contributed by atoms with Crippen LogP contribution < -0.4 is 0 Å². The highest BCUT2D eigenvalue weighted by molar-refractivity contribution is 5.82. The van der Waals surface area contributed by atoms with E-state index in [0.29, 0.717) is 6.42 Å². The van der Waals surface area contributed by atoms with E-state index in [2.05, 4.69) is 4.74 Å². The Morgan fingerprint density at radius 3 is 2.14 bits per heavy atom. The molecule has 0 radical (unpaired) electrons. The lowest BCUT2D eigenvalue weighted by Crippen LogP contribution is -2.35. The summed E-state index contributed by atoms with van der Waals surface area (Å²) in [6.45, 7) is 4.90. The molecule has 0 saturated heterocycles. The van der Waals surface area contributed by atoms with Crippen LogP contribution in [0, 0.1) is 11.8 Å². The zero-order valence-corrected chi connectivity index (χ0v) is 9.11. The van der Waals surface area contributed by atoms with Crippen molar-refractivity contribution in [3.05, 3.63) is 0 Å². The van der Waals surface area contributed by atoms with Crippen molar-refractivity contribution in [1.82, 2.24) is 0 Å². The Hall–Kier alpha value is -0.900. The molecule has 3 atom stereocenters. The molecular weight excluding hydrogens is 184 g/mol. The van der Waals surface area contributed by atoms with Gasteiger partial charge in [-0.05, 0) is 6.92 Å². The first kappa shape index (κ1) is 13.1. The molecule has 4 heteroatoms. The van der Waals surface area contributed by atoms with Gasteiger partial charge in [-0.25, -0.2) is 0 Å². The van der Waals surface area contributed by atoms with Crippen LogP contribution in [0.5, 0.6) is 0 Å². The van der Waals surface area contributed by atoms with Crippen molar-refractivity contribution in [1.29, 1.82) is 0 Å². The summed E-state index contributed by atoms with van der Waals surface area (Å²) in [6.07, 6.45) is -0.596. The minimum absolute atomic E-state index is 0.0479. The second kappa shape index (κ2) is 5.75. The third-order valence-corrected chi connectivity index (χ3v) is 2.45. The number of rotatable bonds is 5. The fourth-order valence-electron chi connectivity index (χ4n) is 1.27. The highest BCUT2D eigenvalue weighted by atomic mass is 16.5. The van der Waals surface area contributed by atoms with Crippen LogP contribution in [-0.2, 0) is 14.3 Å². The van der Waals surface area contributed by atoms with Crippen molar-refractivity contribution in [2.24, 2.45) is 11.8 Å². The molecule has 14 heavy (non-hydrogen) atoms. The molecule has 0 aromatic carbocycles. The predicted octanol–water partition coefficient (Wildman–Crippen LogP) is 0.772. The average molecular weight is 202 g/mol. The van der Waals surface area contributed by atoms with Crippen LogP contribution in [-0.4, -0.2) is 30.1 Å². The molecule has 82 valence electrons. The smallest absolute Gasteiger partial charge is 0.311 e. The Morgan fingerprint density at radius 1 is 1.29 bits per heavy atom. The van der Waals surface area contributed by atoms with Gasteiger partial charge in [-0.3, -0.25) is 9.59 Å². The molecule has 0 aromatic heterocycles. The number of carbonyl (C=O) groups is 2. The zero-order chi connectivity index (χ0) is 11.3. The van der Waals surface area contributed by atoms with Crippen molar-refractivity contribution in [2.45, 2.75) is 33.3 Å². The van der Waals surface area contributed by atoms with E-state index in [0.717, 1.165) is 0 Å². The van der Waals surface area contributed by atoms with Gasteiger partial charge in [0.25, 0.3) is 0 Å². The maximum Gasteiger partial charge on any atom is 0.311 e. The lowest BCUT2D eigenvalue weighted by Gasteiger charge is -2.21. The van der Waals surface area contributed by atoms with Crippen molar-refractivity contribution in [2.75, 3.05) is 7.11 Å². The van der Waals surface area contributed by atoms with Crippen molar-refractivity contribution < 1.29 is 19.4 Å². The molecule has 1 N–H and O–H groups in total. The molecule has 0 aliphatic heterocycles. The average Bonchev–Trinajstić information content (AvgIpc) is 2.23. The number of carbonyl (C=O) groups excluding carboxylic acids is 2. The quantitative estimate of drug-likeness (QED) is 0.669. The number of methoxy groups -OCH3 is 1. The Kier molecular flexibility index (Phi) is 5.38. The van der Waals surface area contributed by atoms with Crippen LogP contribution in [0.15, 0.2) is 0 Å². The van der Waals surface area contributed by atoms with Gasteiger partial charge in [-0.1, -0.05) is 13.8 Å². The number of aliphatic hydroxyl groups is 1. The predicted molar refractivity (Wildman–Crippen MR) is 51.6 cm³/mol. The molecule has 0 bridgehead atoms. The van der Waals surface area contributed by atoms with E-state index in [9.17, 15) is 14.7 Å². The van der Waals surface area contributed by atoms with E-state index < -0.39 is 23.9 Å². The van der Waals surface area contributed by atoms with E-state index in [-0.39, 0.29) is 5.78 Å². The summed E-state index contributed by atoms with van der Waals surface area (Å²) in [6, 6.07) is 0. The number of hydrogen-bond acceptors (Lipinski definition) is 4. The molecule has 0 aliphatic rings. The third-order valence-electron chi connectivity index (χ3n) is 2.45. The number of aliphatic hydroxyl groups excluding tert-OH is 1. The molecule has 0 aromatic rings. The Bertz CT molecular complexity index is 190. The van der Waals surface area contributed by atoms with Crippen molar-refractivity contribution in [3.8, 4) is 0 Å². The van der Waals surface area contributed by atoms with Crippen LogP contribution in [0.1, 0.15) is 27.2 Å². The molecular formula is C10H18O4. The highest BCUT2D eigenvalue weighted by Gasteiger charge is 2.30. The van der Waals surface area contributed by atoms with Crippen LogP contribution in [0.25, 0.3) is 0 Å². The Balaban J connectivity index is 4.37. The third kappa shape index (κ3) is 3.10. The van der Waals surface area contributed by atoms with Gasteiger partial charge >= 0.3 is 5.97 Å². The van der Waals surface area contributed by atoms with Crippen molar-refractivity contribution in [3.63, 3.8) is 0 Å². The summed E-state index contributed by atoms with van der Waals surface area (Å²) >= 11 is 0. The second-order valence-corrected chi connectivity index (χ2v) is 3.41. The minimum Gasteiger partial charge on any atom is -0.469 e. The van der Waals surface area contributed by atoms with E-state index in [1.807, 2.05) is 0 Å². The molecule has 0 saturated carbocycles. The highest BCUT2D eigenvalue weighted by Crippen LogP contribution is 2.16. The molecule has 0 unspecified atom stereocenters. The SMILES string of the molecule is CCC(=O)[C@@H](C)[C@H](O)[C@@H](C)C(=O)OC. The standard InChI is InChI=1S/C10H18O4/c1-5-8(11)6(2)9(12)7(3)10(13)14-4/h6-7,9,12H,5H2,1-4H3/t6-,7-,9+/m1/s1. The number of ether oxygens (including phenoxy) is 1. The van der Waals surface area contributed by atoms with Crippen molar-refractivity contribution >= 4 is 11.8 Å². The van der Waals surface area contributed by atoms with Crippen LogP contribution >= 0.6 is 0 Å². The largest absolute Gasteiger partial charge is 0.469 e. The van der Waals surface area contributed by atoms with E-state index >= 15 is 0 Å². The number of hydrogen-bond donors (Lipinski definition) is 1. The van der Waals surface area contributed by atoms with Gasteiger partial charge in [-0.2, -0.15) is 0 Å². The van der Waals surface area contributed by atoms with E-state index in [4.69, 9.17) is 0 Å². The van der Waals surface area contributed by atoms with Gasteiger partial charge in [0.15, 0.2) is 0 Å². The van der Waals surface area contributed by atoms with Crippen LogP contribution in [0.3, 0.4) is 0 Å². The van der Waals surface area contributed by atoms with Gasteiger partial charge in [0.05, 0.1) is 19.1 Å². The molecule has 0 amide bonds. The molecule has 0 fully saturated rings. The van der Waals surface area contributed by atoms with Crippen LogP contribution in [0.2, 0.25) is 0 Å². The molecule has 0 aliphatic carbocycles. The summed E-state index contributed by atoms with van der Waals surface area (Å²) in [5.74, 6) is -1.72. The van der Waals surface area contributed by atoms with Gasteiger partial charge in [0.1, 0.15) is 5.78 Å². The second-order valence-electron chi connectivity index (χ2n) is 3.41. The lowest BCUT2D eigenvalue weighted by molar-refractivity contribution is -0.150. The summed E-state index contributed by atoms with van der Waals surface area (Å²) in [5, 5.41) is 9.67. The summed E-state index contributed by atoms with van der Waals surface area (Å²) in [7, 11) is 1.26. The van der Waals surface area contributed by atoms with Gasteiger partial charge in [0, 0.05) is 12.3 Å². The molecule has 0 heterocycles. The number of Topliss-reactive ketones (excluding diaryl/α,β-unsaturated/α-hetero) is 1. The van der Waals surface area contributed by atoms with E-state index in [1.165, 1.54) is 7.11 Å². The first-order valence-electron chi connectivity index (χ1n) is 4.74. The normalized spacial score (nSPS) is 16.9. The van der Waals surface area contributed by atoms with Gasteiger partial charge in [0.2, 0.25) is 0 Å². The monoisotopic (exact) mass is 202 g/mol. The maximum atomic E-state index is 11.3. The zero-order valence-electron chi connectivity index (χ0n) is 9.11. The molecule has 0 rings (SSSR count).